The number of hydrogen-bond acceptors (Lipinski definition) is 5. The van der Waals surface area contributed by atoms with Gasteiger partial charge in [-0.1, -0.05) is 39.7 Å². The van der Waals surface area contributed by atoms with Gasteiger partial charge in [-0.3, -0.25) is 29.0 Å². The molecule has 2 heterocycles. The van der Waals surface area contributed by atoms with Crippen LogP contribution in [0.5, 0.6) is 5.75 Å². The van der Waals surface area contributed by atoms with Crippen LogP contribution in [-0.2, 0) is 19.2 Å². The molecule has 4 aliphatic rings. The molecule has 6 unspecified atom stereocenters. The van der Waals surface area contributed by atoms with Crippen LogP contribution in [0.2, 0.25) is 0 Å². The number of imide groups is 2. The second-order valence-electron chi connectivity index (χ2n) is 10.1. The van der Waals surface area contributed by atoms with Crippen molar-refractivity contribution in [2.24, 2.45) is 17.8 Å². The van der Waals surface area contributed by atoms with Gasteiger partial charge in [0.05, 0.1) is 17.5 Å². The molecule has 7 nitrogen and oxygen atoms in total. The van der Waals surface area contributed by atoms with Crippen molar-refractivity contribution < 1.29 is 24.3 Å². The number of phenolic OH excluding ortho intramolecular Hbond substituents is 1. The van der Waals surface area contributed by atoms with Gasteiger partial charge in [-0.2, -0.15) is 0 Å². The molecule has 37 heavy (non-hydrogen) atoms. The maximum Gasteiger partial charge on any atom is 0.253 e. The van der Waals surface area contributed by atoms with E-state index < -0.39 is 45.2 Å². The van der Waals surface area contributed by atoms with Gasteiger partial charge in [0.25, 0.3) is 11.8 Å². The summed E-state index contributed by atoms with van der Waals surface area (Å²) in [7, 11) is 1.34. The van der Waals surface area contributed by atoms with Crippen LogP contribution in [0.15, 0.2) is 64.7 Å². The van der Waals surface area contributed by atoms with Crippen LogP contribution in [0.4, 0.5) is 5.69 Å². The molecule has 0 spiro atoms. The summed E-state index contributed by atoms with van der Waals surface area (Å²) in [5, 5.41) is 10.2. The normalized spacial score (nSPS) is 34.9. The Morgan fingerprint density at radius 2 is 1.68 bits per heavy atom. The molecule has 0 bridgehead atoms. The monoisotopic (exact) mass is 602 g/mol. The molecule has 1 saturated carbocycles. The Hall–Kier alpha value is -2.68. The fourth-order valence-corrected chi connectivity index (χ4v) is 7.95. The third kappa shape index (κ3) is 3.12. The highest BCUT2D eigenvalue weighted by Crippen LogP contribution is 2.65. The Labute approximate surface area is 231 Å². The van der Waals surface area contributed by atoms with Gasteiger partial charge in [0.1, 0.15) is 5.75 Å². The van der Waals surface area contributed by atoms with E-state index in [0.717, 1.165) is 9.37 Å². The summed E-state index contributed by atoms with van der Waals surface area (Å²) >= 11 is 17.6. The fourth-order valence-electron chi connectivity index (χ4n) is 6.67. The number of aromatic hydroxyl groups is 1. The number of likely N-dealkylation sites (tertiary alicyclic amines) is 1. The van der Waals surface area contributed by atoms with Crippen molar-refractivity contribution in [3.05, 3.63) is 70.2 Å². The summed E-state index contributed by atoms with van der Waals surface area (Å²) in [5.74, 6) is -4.84. The molecule has 3 fully saturated rings. The van der Waals surface area contributed by atoms with Gasteiger partial charge < -0.3 is 5.11 Å². The number of fused-ring (bicyclic) bond motifs is 4. The molecule has 6 rings (SSSR count). The molecule has 190 valence electrons. The van der Waals surface area contributed by atoms with Crippen LogP contribution < -0.4 is 4.90 Å². The Kier molecular flexibility index (Phi) is 5.43. The van der Waals surface area contributed by atoms with E-state index >= 15 is 0 Å². The van der Waals surface area contributed by atoms with Gasteiger partial charge in [0, 0.05) is 17.4 Å². The van der Waals surface area contributed by atoms with E-state index in [1.165, 1.54) is 24.1 Å². The lowest BCUT2D eigenvalue weighted by atomic mass is 9.56. The third-order valence-electron chi connectivity index (χ3n) is 8.30. The summed E-state index contributed by atoms with van der Waals surface area (Å²) in [6.45, 7) is 0. The zero-order valence-electron chi connectivity index (χ0n) is 19.5. The Morgan fingerprint density at radius 3 is 2.35 bits per heavy atom. The lowest BCUT2D eigenvalue weighted by molar-refractivity contribution is -0.138. The number of rotatable bonds is 2. The molecule has 10 heteroatoms. The van der Waals surface area contributed by atoms with Gasteiger partial charge in [0.15, 0.2) is 9.75 Å². The minimum Gasteiger partial charge on any atom is -0.508 e. The molecular weight excluding hydrogens is 583 g/mol. The number of halogens is 3. The number of allylic oxidation sites excluding steroid dienone is 2. The van der Waals surface area contributed by atoms with Crippen LogP contribution in [-0.4, -0.2) is 50.4 Å². The van der Waals surface area contributed by atoms with Crippen LogP contribution in [0.25, 0.3) is 0 Å². The highest BCUT2D eigenvalue weighted by Gasteiger charge is 2.75. The second-order valence-corrected chi connectivity index (χ2v) is 12.2. The molecule has 0 aromatic heterocycles. The first-order chi connectivity index (χ1) is 17.5. The average Bonchev–Trinajstić information content (AvgIpc) is 3.19. The van der Waals surface area contributed by atoms with Crippen molar-refractivity contribution in [2.45, 2.75) is 28.5 Å². The van der Waals surface area contributed by atoms with E-state index in [1.807, 2.05) is 6.08 Å². The van der Waals surface area contributed by atoms with Gasteiger partial charge in [-0.25, -0.2) is 0 Å². The highest BCUT2D eigenvalue weighted by atomic mass is 79.9. The summed E-state index contributed by atoms with van der Waals surface area (Å²) in [4.78, 5) is 52.7. The van der Waals surface area contributed by atoms with Crippen molar-refractivity contribution in [1.82, 2.24) is 4.90 Å². The van der Waals surface area contributed by atoms with Gasteiger partial charge in [-0.05, 0) is 60.7 Å². The average molecular weight is 604 g/mol. The zero-order valence-corrected chi connectivity index (χ0v) is 22.6. The van der Waals surface area contributed by atoms with Crippen LogP contribution in [0.3, 0.4) is 0 Å². The molecule has 6 atom stereocenters. The minimum absolute atomic E-state index is 0.0343. The van der Waals surface area contributed by atoms with Gasteiger partial charge in [0.2, 0.25) is 11.8 Å². The van der Waals surface area contributed by atoms with Crippen LogP contribution in [0, 0.1) is 17.8 Å². The number of benzene rings is 2. The van der Waals surface area contributed by atoms with Gasteiger partial charge >= 0.3 is 0 Å². The fraction of sp³-hybridized carbons (Fsp3) is 0.333. The highest BCUT2D eigenvalue weighted by molar-refractivity contribution is 9.10. The molecule has 2 aromatic rings. The Bertz CT molecular complexity index is 1430. The number of nitrogens with zero attached hydrogens (tertiary/aromatic N) is 2. The lowest BCUT2D eigenvalue weighted by Gasteiger charge is -2.50. The summed E-state index contributed by atoms with van der Waals surface area (Å²) in [6.07, 6.45) is 2.08. The van der Waals surface area contributed by atoms with E-state index in [9.17, 15) is 24.3 Å². The standard InChI is InChI=1S/C27H21BrCl2N2O5/c1-31-24(36)26(29)12-19-17(21(27(26,30)25(31)37)13-3-2-4-16(33)11-13)9-10-18-20(19)23(35)32(22(18)34)15-7-5-14(28)6-8-15/h2-9,11,18-21,33H,10,12H2,1H3. The molecular formula is C27H21BrCl2N2O5. The molecule has 0 radical (unpaired) electrons. The summed E-state index contributed by atoms with van der Waals surface area (Å²) in [5.41, 5.74) is 1.66. The molecule has 2 saturated heterocycles. The first-order valence-electron chi connectivity index (χ1n) is 11.8. The number of carbonyl (C=O) groups excluding carboxylic acids is 4. The molecule has 2 aliphatic carbocycles. The first-order valence-corrected chi connectivity index (χ1v) is 13.4. The predicted octanol–water partition coefficient (Wildman–Crippen LogP) is 4.35. The van der Waals surface area contributed by atoms with Crippen molar-refractivity contribution in [3.8, 4) is 5.75 Å². The quantitative estimate of drug-likeness (QED) is 0.313. The van der Waals surface area contributed by atoms with Crippen molar-refractivity contribution in [1.29, 1.82) is 0 Å². The summed E-state index contributed by atoms with van der Waals surface area (Å²) < 4.78 is 0.814. The number of anilines is 1. The number of phenols is 1. The molecule has 2 aromatic carbocycles. The van der Waals surface area contributed by atoms with Crippen molar-refractivity contribution >= 4 is 68.4 Å². The topological polar surface area (TPSA) is 95.0 Å². The van der Waals surface area contributed by atoms with E-state index in [0.29, 0.717) is 16.8 Å². The largest absolute Gasteiger partial charge is 0.508 e. The SMILES string of the molecule is CN1C(=O)C2(Cl)CC3C(=CCC4C(=O)N(c5ccc(Br)cc5)C(=O)C43)C(c3cccc(O)c3)C2(Cl)C1=O. The maximum absolute atomic E-state index is 13.9. The van der Waals surface area contributed by atoms with Crippen molar-refractivity contribution in [2.75, 3.05) is 11.9 Å². The minimum atomic E-state index is -1.86. The first kappa shape index (κ1) is 24.6. The second kappa shape index (κ2) is 8.16. The number of hydrogen-bond donors (Lipinski definition) is 1. The van der Waals surface area contributed by atoms with E-state index in [2.05, 4.69) is 15.9 Å². The number of amides is 4. The van der Waals surface area contributed by atoms with Crippen LogP contribution in [0.1, 0.15) is 24.3 Å². The van der Waals surface area contributed by atoms with Gasteiger partial charge in [-0.15, -0.1) is 23.2 Å². The maximum atomic E-state index is 13.9. The third-order valence-corrected chi connectivity index (χ3v) is 10.2. The smallest absolute Gasteiger partial charge is 0.253 e. The Balaban J connectivity index is 1.51. The zero-order chi connectivity index (χ0) is 26.4. The number of carbonyl (C=O) groups is 4. The molecule has 4 amide bonds. The van der Waals surface area contributed by atoms with E-state index in [-0.39, 0.29) is 30.4 Å². The summed E-state index contributed by atoms with van der Waals surface area (Å²) in [6, 6.07) is 13.2. The van der Waals surface area contributed by atoms with Crippen molar-refractivity contribution in [3.63, 3.8) is 0 Å². The predicted molar refractivity (Wildman–Crippen MR) is 140 cm³/mol. The molecule has 2 aliphatic heterocycles. The molecule has 1 N–H and O–H groups in total. The van der Waals surface area contributed by atoms with E-state index in [4.69, 9.17) is 23.2 Å². The lowest BCUT2D eigenvalue weighted by Crippen LogP contribution is -2.60. The van der Waals surface area contributed by atoms with Crippen LogP contribution >= 0.6 is 39.1 Å². The number of alkyl halides is 2. The van der Waals surface area contributed by atoms with E-state index in [1.54, 1.807) is 36.4 Å². The Morgan fingerprint density at radius 1 is 0.973 bits per heavy atom.